The Kier molecular flexibility index (Phi) is 6.77. The Morgan fingerprint density at radius 3 is 1.20 bits per heavy atom. The molecule has 0 aliphatic heterocycles. The number of phenolic OH excluding ortho intramolecular Hbond substituents is 17. The molecule has 61 heavy (non-hydrogen) atoms. The van der Waals surface area contributed by atoms with Gasteiger partial charge in [-0.25, -0.2) is 0 Å². The van der Waals surface area contributed by atoms with E-state index in [-0.39, 0.29) is 11.1 Å². The number of hydrogen-bond acceptors (Lipinski definition) is 19. The zero-order chi connectivity index (χ0) is 43.6. The third-order valence-electron chi connectivity index (χ3n) is 11.1. The van der Waals surface area contributed by atoms with Crippen LogP contribution in [0, 0.1) is 0 Å². The zero-order valence-corrected chi connectivity index (χ0v) is 30.0. The molecule has 0 aliphatic carbocycles. The molecule has 0 aliphatic rings. The van der Waals surface area contributed by atoms with E-state index in [4.69, 9.17) is 8.83 Å². The van der Waals surface area contributed by atoms with Crippen LogP contribution in [0.4, 0.5) is 0 Å². The minimum absolute atomic E-state index is 0.0229. The van der Waals surface area contributed by atoms with E-state index < -0.39 is 169 Å². The van der Waals surface area contributed by atoms with Gasteiger partial charge in [0.1, 0.15) is 16.9 Å². The van der Waals surface area contributed by atoms with Crippen LogP contribution < -0.4 is 0 Å². The first-order valence-electron chi connectivity index (χ1n) is 17.4. The van der Waals surface area contributed by atoms with Crippen LogP contribution in [0.1, 0.15) is 0 Å². The van der Waals surface area contributed by atoms with Crippen LogP contribution >= 0.6 is 0 Å². The van der Waals surface area contributed by atoms with Gasteiger partial charge in [-0.2, -0.15) is 0 Å². The molecule has 19 nitrogen and oxygen atoms in total. The lowest BCUT2D eigenvalue weighted by Gasteiger charge is -2.23. The van der Waals surface area contributed by atoms with E-state index in [9.17, 15) is 86.8 Å². The summed E-state index contributed by atoms with van der Waals surface area (Å²) in [5.74, 6) is -22.5. The predicted molar refractivity (Wildman–Crippen MR) is 213 cm³/mol. The van der Waals surface area contributed by atoms with Crippen molar-refractivity contribution < 1.29 is 95.6 Å². The molecule has 10 rings (SSSR count). The average Bonchev–Trinajstić information content (AvgIpc) is 3.85. The van der Waals surface area contributed by atoms with Crippen LogP contribution in [-0.2, 0) is 0 Å². The molecule has 0 radical (unpaired) electrons. The molecular weight excluding hydrogens is 808 g/mol. The molecule has 10 aromatic rings. The molecular formula is C42H24O19. The van der Waals surface area contributed by atoms with Crippen molar-refractivity contribution >= 4 is 76.2 Å². The number of fused-ring (bicyclic) bond motifs is 9. The number of hydrogen-bond donors (Lipinski definition) is 17. The lowest BCUT2D eigenvalue weighted by Crippen LogP contribution is -1.96. The number of phenols is 17. The third-order valence-corrected chi connectivity index (χ3v) is 11.1. The first kappa shape index (κ1) is 36.1. The van der Waals surface area contributed by atoms with E-state index in [0.717, 1.165) is 0 Å². The van der Waals surface area contributed by atoms with E-state index in [1.807, 2.05) is 0 Å². The second-order valence-corrected chi connectivity index (χ2v) is 14.1. The Balaban J connectivity index is 1.47. The fraction of sp³-hybridized carbons (Fsp3) is 0. The summed E-state index contributed by atoms with van der Waals surface area (Å²) < 4.78 is 11.8. The smallest absolute Gasteiger partial charge is 0.205 e. The maximum Gasteiger partial charge on any atom is 0.205 e. The molecule has 2 heterocycles. The molecule has 306 valence electrons. The minimum Gasteiger partial charge on any atom is -0.506 e. The highest BCUT2D eigenvalue weighted by Crippen LogP contribution is 2.66. The van der Waals surface area contributed by atoms with Crippen molar-refractivity contribution in [3.05, 3.63) is 42.5 Å². The minimum atomic E-state index is -1.44. The van der Waals surface area contributed by atoms with Gasteiger partial charge in [-0.1, -0.05) is 36.4 Å². The van der Waals surface area contributed by atoms with Gasteiger partial charge in [0.25, 0.3) is 0 Å². The summed E-state index contributed by atoms with van der Waals surface area (Å²) in [6.07, 6.45) is 0. The number of benzene rings is 8. The van der Waals surface area contributed by atoms with Crippen molar-refractivity contribution in [1.29, 1.82) is 0 Å². The lowest BCUT2D eigenvalue weighted by molar-refractivity contribution is 0.349. The molecule has 0 saturated carbocycles. The summed E-state index contributed by atoms with van der Waals surface area (Å²) in [4.78, 5) is 0. The molecule has 0 spiro atoms. The summed E-state index contributed by atoms with van der Waals surface area (Å²) in [6, 6.07) is 11.2. The van der Waals surface area contributed by atoms with Gasteiger partial charge in [-0.15, -0.1) is 0 Å². The van der Waals surface area contributed by atoms with Crippen LogP contribution in [0.5, 0.6) is 97.7 Å². The van der Waals surface area contributed by atoms with Crippen molar-refractivity contribution in [3.8, 4) is 120 Å². The van der Waals surface area contributed by atoms with Crippen molar-refractivity contribution in [2.24, 2.45) is 0 Å². The van der Waals surface area contributed by atoms with Crippen LogP contribution in [0.15, 0.2) is 51.3 Å². The summed E-state index contributed by atoms with van der Waals surface area (Å²) >= 11 is 0. The van der Waals surface area contributed by atoms with Crippen LogP contribution in [-0.4, -0.2) is 86.8 Å². The Morgan fingerprint density at radius 1 is 0.246 bits per heavy atom. The Labute approximate surface area is 333 Å². The van der Waals surface area contributed by atoms with Gasteiger partial charge in [-0.3, -0.25) is 0 Å². The normalized spacial score (nSPS) is 12.1. The van der Waals surface area contributed by atoms with Crippen molar-refractivity contribution in [3.63, 3.8) is 0 Å². The van der Waals surface area contributed by atoms with E-state index >= 15 is 0 Å². The molecule has 0 bridgehead atoms. The topological polar surface area (TPSA) is 370 Å². The number of para-hydroxylation sites is 2. The Morgan fingerprint density at radius 2 is 0.656 bits per heavy atom. The summed E-state index contributed by atoms with van der Waals surface area (Å²) in [5.41, 5.74) is -4.13. The summed E-state index contributed by atoms with van der Waals surface area (Å²) in [6.45, 7) is 0. The van der Waals surface area contributed by atoms with Crippen molar-refractivity contribution in [2.75, 3.05) is 0 Å². The molecule has 0 fully saturated rings. The number of rotatable bonds is 2. The average molecular weight is 833 g/mol. The molecule has 17 N–H and O–H groups in total. The largest absolute Gasteiger partial charge is 0.506 e. The van der Waals surface area contributed by atoms with E-state index in [1.54, 1.807) is 30.3 Å². The quantitative estimate of drug-likeness (QED) is 0.0462. The van der Waals surface area contributed by atoms with Crippen LogP contribution in [0.2, 0.25) is 0 Å². The first-order chi connectivity index (χ1) is 28.9. The number of aromatic hydroxyl groups is 17. The second kappa shape index (κ2) is 11.4. The number of furan rings is 2. The van der Waals surface area contributed by atoms with Crippen molar-refractivity contribution in [2.45, 2.75) is 0 Å². The van der Waals surface area contributed by atoms with E-state index in [0.29, 0.717) is 16.4 Å². The van der Waals surface area contributed by atoms with Crippen molar-refractivity contribution in [1.82, 2.24) is 0 Å². The summed E-state index contributed by atoms with van der Waals surface area (Å²) in [7, 11) is 0. The molecule has 0 unspecified atom stereocenters. The lowest BCUT2D eigenvalue weighted by atomic mass is 9.82. The fourth-order valence-electron chi connectivity index (χ4n) is 8.40. The monoisotopic (exact) mass is 832 g/mol. The van der Waals surface area contributed by atoms with Gasteiger partial charge in [0.2, 0.25) is 34.5 Å². The molecule has 0 atom stereocenters. The van der Waals surface area contributed by atoms with Gasteiger partial charge < -0.3 is 95.6 Å². The molecule has 2 aromatic heterocycles. The van der Waals surface area contributed by atoms with Gasteiger partial charge in [-0.05, 0) is 6.07 Å². The highest BCUT2D eigenvalue weighted by atomic mass is 16.4. The maximum absolute atomic E-state index is 12.1. The van der Waals surface area contributed by atoms with Gasteiger partial charge >= 0.3 is 0 Å². The SMILES string of the molecule is Oc1c(O)c(O)c2c(O)c3c(oc4c(O)c(-c5c6c(O)c(O)c(O)c(O)c6c(-c6cccc7c6oc6ccccc67)c6c(O)c(O)c(O)c(O)c56)c(O)c(O)c43)c(O)c2c1O. The van der Waals surface area contributed by atoms with Gasteiger partial charge in [0, 0.05) is 49.0 Å². The second-order valence-electron chi connectivity index (χ2n) is 14.1. The van der Waals surface area contributed by atoms with Crippen LogP contribution in [0.3, 0.4) is 0 Å². The van der Waals surface area contributed by atoms with Crippen LogP contribution in [0.25, 0.3) is 98.4 Å². The predicted octanol–water partition coefficient (Wildman–Crippen LogP) is 7.27. The molecule has 0 amide bonds. The fourth-order valence-corrected chi connectivity index (χ4v) is 8.40. The zero-order valence-electron chi connectivity index (χ0n) is 30.0. The standard InChI is InChI=1S/C42H24O19/c43-23-19-20(30(50)39(59)38(58)29(19)49)33(53)41-21(23)22-31(51)28(48)18(32(52)42(22)61-41)13-16-14(24(44)34(54)36(56)26(16)46)12(15-17(13)27(47)37(57)35(55)25(15)45)10-6-3-5-9-8-4-1-2-7-11(8)60-40(9)10/h1-7,43-59H. The highest BCUT2D eigenvalue weighted by Gasteiger charge is 2.38. The van der Waals surface area contributed by atoms with Gasteiger partial charge in [0.15, 0.2) is 68.7 Å². The molecule has 19 heteroatoms. The summed E-state index contributed by atoms with van der Waals surface area (Å²) in [5, 5.41) is 185. The maximum atomic E-state index is 12.1. The Hall–Kier alpha value is -9.26. The van der Waals surface area contributed by atoms with E-state index in [1.165, 1.54) is 12.1 Å². The molecule has 8 aromatic carbocycles. The Bertz CT molecular complexity index is 3650. The van der Waals surface area contributed by atoms with Gasteiger partial charge in [0.05, 0.1) is 27.1 Å². The van der Waals surface area contributed by atoms with E-state index in [2.05, 4.69) is 0 Å². The third kappa shape index (κ3) is 4.09. The highest BCUT2D eigenvalue weighted by molar-refractivity contribution is 6.33. The molecule has 0 saturated heterocycles. The first-order valence-corrected chi connectivity index (χ1v) is 17.4.